The van der Waals surface area contributed by atoms with Crippen LogP contribution in [0.3, 0.4) is 0 Å². The molecule has 0 bridgehead atoms. The zero-order valence-electron chi connectivity index (χ0n) is 13.4. The van der Waals surface area contributed by atoms with Crippen LogP contribution in [0, 0.1) is 5.92 Å². The van der Waals surface area contributed by atoms with E-state index in [-0.39, 0.29) is 18.2 Å². The van der Waals surface area contributed by atoms with Crippen LogP contribution in [0.5, 0.6) is 0 Å². The molecule has 1 aromatic heterocycles. The van der Waals surface area contributed by atoms with Crippen molar-refractivity contribution in [2.75, 3.05) is 0 Å². The topological polar surface area (TPSA) is 58.2 Å². The first-order valence-corrected chi connectivity index (χ1v) is 9.16. The summed E-state index contributed by atoms with van der Waals surface area (Å²) in [5.74, 6) is 0.147. The van der Waals surface area contributed by atoms with E-state index in [1.54, 1.807) is 24.3 Å². The van der Waals surface area contributed by atoms with Gasteiger partial charge in [-0.15, -0.1) is 11.3 Å². The number of rotatable bonds is 3. The van der Waals surface area contributed by atoms with Crippen molar-refractivity contribution < 1.29 is 9.59 Å². The molecule has 0 aliphatic heterocycles. The van der Waals surface area contributed by atoms with Gasteiger partial charge >= 0.3 is 0 Å². The summed E-state index contributed by atoms with van der Waals surface area (Å²) in [5, 5.41) is 0.628. The van der Waals surface area contributed by atoms with Gasteiger partial charge in [0.25, 0.3) is 5.91 Å². The van der Waals surface area contributed by atoms with E-state index >= 15 is 0 Å². The molecule has 0 saturated heterocycles. The molecule has 3 rings (SSSR count). The number of benzene rings is 1. The molecule has 1 aromatic carbocycles. The van der Waals surface area contributed by atoms with Crippen LogP contribution in [0.15, 0.2) is 30.3 Å². The van der Waals surface area contributed by atoms with Crippen LogP contribution >= 0.6 is 22.9 Å². The maximum absolute atomic E-state index is 12.2. The fourth-order valence-corrected chi connectivity index (χ4v) is 4.07. The van der Waals surface area contributed by atoms with Crippen LogP contribution in [0.2, 0.25) is 5.02 Å². The van der Waals surface area contributed by atoms with Crippen molar-refractivity contribution in [2.45, 2.75) is 32.6 Å². The van der Waals surface area contributed by atoms with Crippen molar-refractivity contribution in [1.82, 2.24) is 10.9 Å². The van der Waals surface area contributed by atoms with Crippen LogP contribution < -0.4 is 10.9 Å². The van der Waals surface area contributed by atoms with Gasteiger partial charge in [-0.3, -0.25) is 20.4 Å². The van der Waals surface area contributed by atoms with E-state index in [2.05, 4.69) is 17.8 Å². The second-order valence-corrected chi connectivity index (χ2v) is 7.79. The van der Waals surface area contributed by atoms with E-state index in [1.165, 1.54) is 28.2 Å². The SMILES string of the molecule is C[C@@H]1CCc2sc(C(=O)NNC(=O)Cc3ccc(Cl)cc3)cc2C1. The summed E-state index contributed by atoms with van der Waals surface area (Å²) in [7, 11) is 0. The molecule has 0 radical (unpaired) electrons. The molecule has 2 aromatic rings. The third-order valence-electron chi connectivity index (χ3n) is 4.15. The van der Waals surface area contributed by atoms with E-state index in [9.17, 15) is 9.59 Å². The Morgan fingerprint density at radius 2 is 2.00 bits per heavy atom. The summed E-state index contributed by atoms with van der Waals surface area (Å²) in [6, 6.07) is 9.01. The molecule has 1 atom stereocenters. The van der Waals surface area contributed by atoms with E-state index in [0.29, 0.717) is 15.8 Å². The zero-order chi connectivity index (χ0) is 17.1. The lowest BCUT2D eigenvalue weighted by Gasteiger charge is -2.16. The molecule has 1 aliphatic carbocycles. The van der Waals surface area contributed by atoms with Gasteiger partial charge in [-0.25, -0.2) is 0 Å². The number of carbonyl (C=O) groups excluding carboxylic acids is 2. The Hall–Kier alpha value is -1.85. The summed E-state index contributed by atoms with van der Waals surface area (Å²) in [4.78, 5) is 26.1. The van der Waals surface area contributed by atoms with Crippen molar-refractivity contribution in [3.63, 3.8) is 0 Å². The average molecular weight is 363 g/mol. The maximum atomic E-state index is 12.2. The fourth-order valence-electron chi connectivity index (χ4n) is 2.84. The monoisotopic (exact) mass is 362 g/mol. The highest BCUT2D eigenvalue weighted by atomic mass is 35.5. The minimum Gasteiger partial charge on any atom is -0.273 e. The first-order chi connectivity index (χ1) is 11.5. The van der Waals surface area contributed by atoms with Crippen LogP contribution in [0.25, 0.3) is 0 Å². The summed E-state index contributed by atoms with van der Waals surface area (Å²) >= 11 is 7.34. The number of thiophene rings is 1. The molecule has 0 saturated carbocycles. The largest absolute Gasteiger partial charge is 0.279 e. The Bertz CT molecular complexity index is 755. The van der Waals surface area contributed by atoms with Crippen molar-refractivity contribution >= 4 is 34.8 Å². The molecule has 1 heterocycles. The lowest BCUT2D eigenvalue weighted by Crippen LogP contribution is -2.42. The quantitative estimate of drug-likeness (QED) is 0.820. The van der Waals surface area contributed by atoms with Crippen LogP contribution in [0.1, 0.15) is 39.0 Å². The minimum atomic E-state index is -0.263. The van der Waals surface area contributed by atoms with Crippen molar-refractivity contribution in [3.8, 4) is 0 Å². The van der Waals surface area contributed by atoms with Gasteiger partial charge in [-0.1, -0.05) is 30.7 Å². The Balaban J connectivity index is 1.53. The summed E-state index contributed by atoms with van der Waals surface area (Å²) < 4.78 is 0. The number of hydrazine groups is 1. The number of aryl methyl sites for hydroxylation is 1. The molecule has 2 amide bonds. The number of hydrogen-bond donors (Lipinski definition) is 2. The summed E-state index contributed by atoms with van der Waals surface area (Å²) in [6.45, 7) is 2.23. The van der Waals surface area contributed by atoms with Crippen LogP contribution in [0.4, 0.5) is 0 Å². The Labute approximate surface area is 150 Å². The molecule has 24 heavy (non-hydrogen) atoms. The van der Waals surface area contributed by atoms with Crippen LogP contribution in [-0.2, 0) is 24.1 Å². The number of nitrogens with one attached hydrogen (secondary N) is 2. The first kappa shape index (κ1) is 17.0. The molecular weight excluding hydrogens is 344 g/mol. The lowest BCUT2D eigenvalue weighted by atomic mass is 9.90. The minimum absolute atomic E-state index is 0.190. The highest BCUT2D eigenvalue weighted by molar-refractivity contribution is 7.14. The normalized spacial score (nSPS) is 16.3. The van der Waals surface area contributed by atoms with E-state index in [0.717, 1.165) is 18.4 Å². The van der Waals surface area contributed by atoms with E-state index in [1.807, 2.05) is 6.07 Å². The first-order valence-electron chi connectivity index (χ1n) is 7.96. The standard InChI is InChI=1S/C18H19ClN2O2S/c1-11-2-7-15-13(8-11)10-16(24-15)18(23)21-20-17(22)9-12-3-5-14(19)6-4-12/h3-6,10-11H,2,7-9H2,1H3,(H,20,22)(H,21,23)/t11-/m1/s1. The molecule has 126 valence electrons. The highest BCUT2D eigenvalue weighted by Gasteiger charge is 2.20. The average Bonchev–Trinajstić information content (AvgIpc) is 2.98. The molecular formula is C18H19ClN2O2S. The predicted octanol–water partition coefficient (Wildman–Crippen LogP) is 3.53. The van der Waals surface area contributed by atoms with Gasteiger partial charge in [-0.05, 0) is 54.5 Å². The third kappa shape index (κ3) is 4.16. The van der Waals surface area contributed by atoms with Gasteiger partial charge in [0.15, 0.2) is 0 Å². The highest BCUT2D eigenvalue weighted by Crippen LogP contribution is 2.32. The Morgan fingerprint density at radius 1 is 1.25 bits per heavy atom. The van der Waals surface area contributed by atoms with Gasteiger partial charge in [0, 0.05) is 9.90 Å². The van der Waals surface area contributed by atoms with Gasteiger partial charge < -0.3 is 0 Å². The summed E-state index contributed by atoms with van der Waals surface area (Å²) in [6.07, 6.45) is 3.43. The second kappa shape index (κ2) is 7.36. The molecule has 0 fully saturated rings. The molecule has 0 unspecified atom stereocenters. The van der Waals surface area contributed by atoms with Crippen LogP contribution in [-0.4, -0.2) is 11.8 Å². The third-order valence-corrected chi connectivity index (χ3v) is 5.63. The zero-order valence-corrected chi connectivity index (χ0v) is 15.0. The Kier molecular flexibility index (Phi) is 5.21. The van der Waals surface area contributed by atoms with Gasteiger partial charge in [0.1, 0.15) is 0 Å². The van der Waals surface area contributed by atoms with Crippen molar-refractivity contribution in [3.05, 3.63) is 56.2 Å². The number of amides is 2. The Morgan fingerprint density at radius 3 is 2.75 bits per heavy atom. The maximum Gasteiger partial charge on any atom is 0.279 e. The van der Waals surface area contributed by atoms with Crippen molar-refractivity contribution in [1.29, 1.82) is 0 Å². The van der Waals surface area contributed by atoms with Gasteiger partial charge in [0.2, 0.25) is 5.91 Å². The number of fused-ring (bicyclic) bond motifs is 1. The number of hydrogen-bond acceptors (Lipinski definition) is 3. The fraction of sp³-hybridized carbons (Fsp3) is 0.333. The molecule has 2 N–H and O–H groups in total. The van der Waals surface area contributed by atoms with E-state index in [4.69, 9.17) is 11.6 Å². The number of halogens is 1. The van der Waals surface area contributed by atoms with E-state index < -0.39 is 0 Å². The second-order valence-electron chi connectivity index (χ2n) is 6.21. The number of carbonyl (C=O) groups is 2. The predicted molar refractivity (Wildman–Crippen MR) is 96.3 cm³/mol. The molecule has 1 aliphatic rings. The molecule has 6 heteroatoms. The molecule has 4 nitrogen and oxygen atoms in total. The molecule has 0 spiro atoms. The van der Waals surface area contributed by atoms with Gasteiger partial charge in [0.05, 0.1) is 11.3 Å². The van der Waals surface area contributed by atoms with Crippen molar-refractivity contribution in [2.24, 2.45) is 5.92 Å². The lowest BCUT2D eigenvalue weighted by molar-refractivity contribution is -0.121. The van der Waals surface area contributed by atoms with Gasteiger partial charge in [-0.2, -0.15) is 0 Å². The summed E-state index contributed by atoms with van der Waals surface area (Å²) in [5.41, 5.74) is 7.08. The smallest absolute Gasteiger partial charge is 0.273 e.